The molecule has 0 atom stereocenters. The Morgan fingerprint density at radius 1 is 0.700 bits per heavy atom. The van der Waals surface area contributed by atoms with Crippen LogP contribution in [0.4, 0.5) is 0 Å². The zero-order valence-electron chi connectivity index (χ0n) is 4.47. The van der Waals surface area contributed by atoms with Gasteiger partial charge in [0.05, 0.1) is 4.49 Å². The monoisotopic (exact) mass is 260 g/mol. The number of rotatable bonds is 0. The van der Waals surface area contributed by atoms with Gasteiger partial charge < -0.3 is 0 Å². The molecule has 0 nitrogen and oxygen atoms in total. The first-order chi connectivity index (χ1) is 4.37. The third-order valence-corrected chi connectivity index (χ3v) is 1.29. The van der Waals surface area contributed by atoms with Gasteiger partial charge in [0.15, 0.2) is 0 Å². The van der Waals surface area contributed by atoms with Crippen LogP contribution in [0.2, 0.25) is 0 Å². The zero-order valence-corrected chi connectivity index (χ0v) is 9.01. The van der Waals surface area contributed by atoms with Crippen molar-refractivity contribution in [2.45, 2.75) is 0 Å². The summed E-state index contributed by atoms with van der Waals surface area (Å²) in [4.78, 5) is 0. The van der Waals surface area contributed by atoms with Gasteiger partial charge in [0, 0.05) is 0 Å². The molecule has 0 radical (unpaired) electrons. The van der Waals surface area contributed by atoms with Crippen molar-refractivity contribution in [2.75, 3.05) is 0 Å². The van der Waals surface area contributed by atoms with Crippen molar-refractivity contribution in [3.8, 4) is 0 Å². The Morgan fingerprint density at radius 2 is 0.800 bits per heavy atom. The minimum Gasteiger partial charge on any atom is -0.0716 e. The van der Waals surface area contributed by atoms with E-state index in [2.05, 4.69) is 6.58 Å². The molecule has 0 saturated carbocycles. The first-order valence-corrected chi connectivity index (χ1v) is 4.01. The topological polar surface area (TPSA) is 0 Å². The first kappa shape index (κ1) is 13.8. The number of hydrogen-bond acceptors (Lipinski definition) is 0. The van der Waals surface area contributed by atoms with Crippen molar-refractivity contribution in [3.05, 3.63) is 20.1 Å². The fourth-order valence-electron chi connectivity index (χ4n) is 0. The lowest BCUT2D eigenvalue weighted by Gasteiger charge is -1.75. The van der Waals surface area contributed by atoms with E-state index in [1.165, 1.54) is 0 Å². The van der Waals surface area contributed by atoms with Crippen molar-refractivity contribution in [2.24, 2.45) is 0 Å². The van der Waals surface area contributed by atoms with E-state index in [9.17, 15) is 0 Å². The van der Waals surface area contributed by atoms with Gasteiger partial charge in [-0.2, -0.15) is 0 Å². The summed E-state index contributed by atoms with van der Waals surface area (Å²) in [5.41, 5.74) is 0. The molecular formula is C4H2Cl6. The molecule has 0 unspecified atom stereocenters. The fourth-order valence-corrected chi connectivity index (χ4v) is 0. The van der Waals surface area contributed by atoms with E-state index in [-0.39, 0.29) is 13.5 Å². The van der Waals surface area contributed by atoms with Gasteiger partial charge in [-0.1, -0.05) is 76.2 Å². The molecule has 0 saturated heterocycles. The summed E-state index contributed by atoms with van der Waals surface area (Å²) < 4.78 is -0.0864. The first-order valence-electron chi connectivity index (χ1n) is 1.74. The molecule has 0 aliphatic heterocycles. The second-order valence-corrected chi connectivity index (χ2v) is 3.86. The molecular weight excluding hydrogens is 261 g/mol. The minimum absolute atomic E-state index is 0.0988. The molecule has 0 amide bonds. The summed E-state index contributed by atoms with van der Waals surface area (Å²) >= 11 is 29.7. The van der Waals surface area contributed by atoms with E-state index in [1.807, 2.05) is 0 Å². The maximum atomic E-state index is 4.99. The van der Waals surface area contributed by atoms with Crippen LogP contribution >= 0.6 is 69.6 Å². The molecule has 0 aromatic carbocycles. The summed E-state index contributed by atoms with van der Waals surface area (Å²) in [6.07, 6.45) is 0. The molecule has 6 heteroatoms. The molecule has 60 valence electrons. The van der Waals surface area contributed by atoms with E-state index in [1.54, 1.807) is 0 Å². The van der Waals surface area contributed by atoms with Crippen LogP contribution in [-0.4, -0.2) is 0 Å². The average molecular weight is 263 g/mol. The maximum Gasteiger partial charge on any atom is 0.136 e. The van der Waals surface area contributed by atoms with E-state index in [0.717, 1.165) is 0 Å². The Morgan fingerprint density at radius 3 is 0.800 bits per heavy atom. The normalized spacial score (nSPS) is 7.40. The van der Waals surface area contributed by atoms with Gasteiger partial charge in [-0.25, -0.2) is 0 Å². The molecule has 0 bridgehead atoms. The van der Waals surface area contributed by atoms with Gasteiger partial charge in [-0.05, 0) is 0 Å². The highest BCUT2D eigenvalue weighted by Crippen LogP contribution is 2.20. The lowest BCUT2D eigenvalue weighted by molar-refractivity contribution is 2.25. The van der Waals surface area contributed by atoms with Crippen molar-refractivity contribution in [1.29, 1.82) is 0 Å². The van der Waals surface area contributed by atoms with Gasteiger partial charge in [0.2, 0.25) is 0 Å². The van der Waals surface area contributed by atoms with Crippen molar-refractivity contribution in [3.63, 3.8) is 0 Å². The second kappa shape index (κ2) is 8.32. The van der Waals surface area contributed by atoms with Crippen LogP contribution in [0.25, 0.3) is 0 Å². The van der Waals surface area contributed by atoms with Crippen LogP contribution in [0.5, 0.6) is 0 Å². The smallest absolute Gasteiger partial charge is 0.0716 e. The summed E-state index contributed by atoms with van der Waals surface area (Å²) in [5, 5.41) is 0. The van der Waals surface area contributed by atoms with Gasteiger partial charge in [0.25, 0.3) is 0 Å². The van der Waals surface area contributed by atoms with E-state index in [0.29, 0.717) is 0 Å². The van der Waals surface area contributed by atoms with Crippen LogP contribution in [0.15, 0.2) is 20.1 Å². The van der Waals surface area contributed by atoms with E-state index in [4.69, 9.17) is 69.6 Å². The molecule has 0 aliphatic carbocycles. The van der Waals surface area contributed by atoms with Gasteiger partial charge in [0.1, 0.15) is 8.98 Å². The predicted molar refractivity (Wildman–Crippen MR) is 51.3 cm³/mol. The highest BCUT2D eigenvalue weighted by atomic mass is 35.5. The Hall–Kier alpha value is 1.22. The molecule has 0 fully saturated rings. The van der Waals surface area contributed by atoms with Crippen LogP contribution in [0.3, 0.4) is 0 Å². The summed E-state index contributed by atoms with van der Waals surface area (Å²) in [6.45, 7) is 3.09. The molecule has 0 rings (SSSR count). The molecule has 0 aromatic heterocycles. The van der Waals surface area contributed by atoms with Crippen LogP contribution in [0, 0.1) is 0 Å². The van der Waals surface area contributed by atoms with Gasteiger partial charge >= 0.3 is 0 Å². The fraction of sp³-hybridized carbons (Fsp3) is 0. The lowest BCUT2D eigenvalue weighted by atomic mass is 11.2. The molecule has 0 N–H and O–H groups in total. The van der Waals surface area contributed by atoms with Crippen LogP contribution in [-0.2, 0) is 0 Å². The quantitative estimate of drug-likeness (QED) is 0.576. The highest BCUT2D eigenvalue weighted by Gasteiger charge is 1.88. The van der Waals surface area contributed by atoms with Crippen LogP contribution < -0.4 is 0 Å². The van der Waals surface area contributed by atoms with Crippen molar-refractivity contribution < 1.29 is 0 Å². The van der Waals surface area contributed by atoms with Crippen molar-refractivity contribution >= 4 is 69.6 Å². The third kappa shape index (κ3) is 22.9. The number of halogens is 6. The average Bonchev–Trinajstić information content (AvgIpc) is 1.63. The molecule has 0 spiro atoms. The van der Waals surface area contributed by atoms with Crippen LogP contribution in [0.1, 0.15) is 0 Å². The Bertz CT molecular complexity index is 115. The van der Waals surface area contributed by atoms with E-state index < -0.39 is 0 Å². The molecule has 0 heterocycles. The van der Waals surface area contributed by atoms with E-state index >= 15 is 0 Å². The standard InChI is InChI=1S/C2Cl4.C2H2Cl2/c3-1(4)2(5)6;1-2(3)4/h;1H2. The summed E-state index contributed by atoms with van der Waals surface area (Å²) in [6, 6.07) is 0. The Labute approximate surface area is 89.3 Å². The predicted octanol–water partition coefficient (Wildman–Crippen LogP) is 5.00. The molecule has 0 aromatic rings. The Kier molecular flexibility index (Phi) is 11.5. The molecule has 0 aliphatic rings. The minimum atomic E-state index is -0.0988. The summed E-state index contributed by atoms with van der Waals surface area (Å²) in [5.74, 6) is 0. The summed E-state index contributed by atoms with van der Waals surface area (Å²) in [7, 11) is 0. The molecule has 10 heavy (non-hydrogen) atoms. The Balaban J connectivity index is 0. The lowest BCUT2D eigenvalue weighted by Crippen LogP contribution is -1.47. The maximum absolute atomic E-state index is 4.99. The second-order valence-electron chi connectivity index (χ2n) is 0.860. The third-order valence-electron chi connectivity index (χ3n) is 0.143. The van der Waals surface area contributed by atoms with Gasteiger partial charge in [-0.3, -0.25) is 0 Å². The highest BCUT2D eigenvalue weighted by molar-refractivity contribution is 6.67. The number of hydrogen-bond donors (Lipinski definition) is 0. The zero-order chi connectivity index (χ0) is 8.73. The van der Waals surface area contributed by atoms with Gasteiger partial charge in [-0.15, -0.1) is 0 Å². The largest absolute Gasteiger partial charge is 0.136 e. The SMILES string of the molecule is C=C(Cl)Cl.ClC(Cl)=C(Cl)Cl. The van der Waals surface area contributed by atoms with Crippen molar-refractivity contribution in [1.82, 2.24) is 0 Å².